The number of phenolic OH excluding ortho intramolecular Hbond substituents is 1. The number of nitrogens with two attached hydrogens (primary N) is 2. The molecule has 0 bridgehead atoms. The molecule has 0 spiro atoms. The third-order valence-electron chi connectivity index (χ3n) is 7.41. The molecule has 220 valence electrons. The summed E-state index contributed by atoms with van der Waals surface area (Å²) in [6, 6.07) is 21.2. The van der Waals surface area contributed by atoms with Gasteiger partial charge in [-0.25, -0.2) is 0 Å². The van der Waals surface area contributed by atoms with Gasteiger partial charge in [-0.3, -0.25) is 19.2 Å². The number of phenols is 1. The second-order valence-corrected chi connectivity index (χ2v) is 10.6. The van der Waals surface area contributed by atoms with Crippen molar-refractivity contribution in [1.29, 1.82) is 0 Å². The van der Waals surface area contributed by atoms with Crippen LogP contribution in [-0.2, 0) is 38.4 Å². The highest BCUT2D eigenvalue weighted by atomic mass is 16.3. The van der Waals surface area contributed by atoms with Gasteiger partial charge in [0.25, 0.3) is 0 Å². The molecule has 3 aromatic rings. The molecular weight excluding hydrogens is 534 g/mol. The van der Waals surface area contributed by atoms with E-state index in [1.807, 2.05) is 60.7 Å². The molecule has 0 saturated carbocycles. The van der Waals surface area contributed by atoms with Crippen LogP contribution in [-0.4, -0.2) is 64.3 Å². The minimum atomic E-state index is -1.01. The molecule has 1 unspecified atom stereocenters. The maximum absolute atomic E-state index is 13.5. The minimum Gasteiger partial charge on any atom is -0.508 e. The van der Waals surface area contributed by atoms with Gasteiger partial charge in [-0.15, -0.1) is 0 Å². The Kier molecular flexibility index (Phi) is 10.3. The normalized spacial score (nSPS) is 16.7. The third kappa shape index (κ3) is 8.17. The van der Waals surface area contributed by atoms with Gasteiger partial charge in [0.1, 0.15) is 23.9 Å². The average molecular weight is 572 g/mol. The van der Waals surface area contributed by atoms with Crippen molar-refractivity contribution in [1.82, 2.24) is 15.5 Å². The first kappa shape index (κ1) is 30.3. The topological polar surface area (TPSA) is 168 Å². The fraction of sp³-hybridized carbons (Fsp3) is 0.312. The Hall–Kier alpha value is -4.70. The number of hydrogen-bond acceptors (Lipinski definition) is 6. The number of primary amides is 1. The first-order valence-corrected chi connectivity index (χ1v) is 14.0. The van der Waals surface area contributed by atoms with Gasteiger partial charge in [-0.05, 0) is 48.1 Å². The van der Waals surface area contributed by atoms with Crippen LogP contribution in [0.5, 0.6) is 5.75 Å². The molecule has 1 aliphatic rings. The van der Waals surface area contributed by atoms with E-state index in [-0.39, 0.29) is 30.9 Å². The zero-order valence-electron chi connectivity index (χ0n) is 23.3. The van der Waals surface area contributed by atoms with Gasteiger partial charge in [0.05, 0.1) is 6.04 Å². The predicted octanol–water partition coefficient (Wildman–Crippen LogP) is 1.19. The summed E-state index contributed by atoms with van der Waals surface area (Å²) in [6.45, 7) is 0.372. The highest BCUT2D eigenvalue weighted by Crippen LogP contribution is 2.20. The van der Waals surface area contributed by atoms with Crippen LogP contribution in [0.25, 0.3) is 0 Å². The van der Waals surface area contributed by atoms with Crippen molar-refractivity contribution in [3.05, 3.63) is 102 Å². The summed E-state index contributed by atoms with van der Waals surface area (Å²) in [5.41, 5.74) is 14.3. The van der Waals surface area contributed by atoms with E-state index in [1.54, 1.807) is 12.1 Å². The molecule has 4 rings (SSSR count). The standard InChI is InChI=1S/C32H37N5O5/c33-25(18-23-13-15-24(38)16-14-23)32(42)37-17-7-12-28(37)31(41)36-27(20-22-10-5-2-6-11-22)30(40)35-26(29(34)39)19-21-8-3-1-4-9-21/h1-6,8-11,13-16,25-28,38H,7,12,17-20,33H2,(H2,34,39)(H,35,40)(H,36,41)/t25-,26-,27-,28?/m0/s1. The van der Waals surface area contributed by atoms with Gasteiger partial charge >= 0.3 is 0 Å². The highest BCUT2D eigenvalue weighted by molar-refractivity contribution is 5.95. The lowest BCUT2D eigenvalue weighted by molar-refractivity contribution is -0.140. The number of nitrogens with zero attached hydrogens (tertiary/aromatic N) is 1. The van der Waals surface area contributed by atoms with Crippen LogP contribution < -0.4 is 22.1 Å². The van der Waals surface area contributed by atoms with Crippen LogP contribution in [0, 0.1) is 0 Å². The molecule has 1 aliphatic heterocycles. The number of nitrogens with one attached hydrogen (secondary N) is 2. The first-order chi connectivity index (χ1) is 20.2. The molecule has 4 atom stereocenters. The number of likely N-dealkylation sites (tertiary alicyclic amines) is 1. The second-order valence-electron chi connectivity index (χ2n) is 10.6. The van der Waals surface area contributed by atoms with Crippen LogP contribution in [0.4, 0.5) is 0 Å². The van der Waals surface area contributed by atoms with Gasteiger partial charge in [0.2, 0.25) is 23.6 Å². The fourth-order valence-corrected chi connectivity index (χ4v) is 5.16. The largest absolute Gasteiger partial charge is 0.508 e. The SMILES string of the molecule is NC(=O)[C@H](Cc1ccccc1)NC(=O)[C@H](Cc1ccccc1)NC(=O)C1CCCN1C(=O)[C@@H](N)Cc1ccc(O)cc1. The van der Waals surface area contributed by atoms with Crippen molar-refractivity contribution in [3.63, 3.8) is 0 Å². The van der Waals surface area contributed by atoms with Crippen LogP contribution >= 0.6 is 0 Å². The van der Waals surface area contributed by atoms with Crippen molar-refractivity contribution < 1.29 is 24.3 Å². The van der Waals surface area contributed by atoms with Crippen LogP contribution in [0.15, 0.2) is 84.9 Å². The lowest BCUT2D eigenvalue weighted by Crippen LogP contribution is -2.58. The summed E-state index contributed by atoms with van der Waals surface area (Å²) in [7, 11) is 0. The predicted molar refractivity (Wildman–Crippen MR) is 158 cm³/mol. The maximum atomic E-state index is 13.5. The van der Waals surface area contributed by atoms with Gasteiger partial charge < -0.3 is 32.1 Å². The average Bonchev–Trinajstić information content (AvgIpc) is 3.48. The van der Waals surface area contributed by atoms with Crippen molar-refractivity contribution in [3.8, 4) is 5.75 Å². The Labute approximate surface area is 245 Å². The zero-order valence-corrected chi connectivity index (χ0v) is 23.3. The number of hydrogen-bond donors (Lipinski definition) is 5. The lowest BCUT2D eigenvalue weighted by atomic mass is 10.0. The van der Waals surface area contributed by atoms with Crippen molar-refractivity contribution in [2.75, 3.05) is 6.54 Å². The van der Waals surface area contributed by atoms with Crippen molar-refractivity contribution in [2.24, 2.45) is 11.5 Å². The van der Waals surface area contributed by atoms with Crippen molar-refractivity contribution in [2.45, 2.75) is 56.3 Å². The lowest BCUT2D eigenvalue weighted by Gasteiger charge is -2.29. The van der Waals surface area contributed by atoms with E-state index in [9.17, 15) is 24.3 Å². The highest BCUT2D eigenvalue weighted by Gasteiger charge is 2.38. The Morgan fingerprint density at radius 2 is 1.33 bits per heavy atom. The maximum Gasteiger partial charge on any atom is 0.243 e. The van der Waals surface area contributed by atoms with E-state index in [1.165, 1.54) is 17.0 Å². The van der Waals surface area contributed by atoms with E-state index in [0.717, 1.165) is 16.7 Å². The van der Waals surface area contributed by atoms with Gasteiger partial charge in [0, 0.05) is 19.4 Å². The number of amides is 4. The molecule has 42 heavy (non-hydrogen) atoms. The number of carbonyl (C=O) groups excluding carboxylic acids is 4. The smallest absolute Gasteiger partial charge is 0.243 e. The molecule has 10 nitrogen and oxygen atoms in total. The Bertz CT molecular complexity index is 1370. The van der Waals surface area contributed by atoms with Crippen LogP contribution in [0.1, 0.15) is 29.5 Å². The van der Waals surface area contributed by atoms with E-state index in [2.05, 4.69) is 10.6 Å². The monoisotopic (exact) mass is 571 g/mol. The van der Waals surface area contributed by atoms with Gasteiger partial charge in [-0.1, -0.05) is 72.8 Å². The van der Waals surface area contributed by atoms with E-state index in [4.69, 9.17) is 11.5 Å². The summed E-state index contributed by atoms with van der Waals surface area (Å²) < 4.78 is 0. The molecule has 4 amide bonds. The number of rotatable bonds is 12. The molecule has 1 saturated heterocycles. The molecule has 0 aromatic heterocycles. The molecule has 0 radical (unpaired) electrons. The number of benzene rings is 3. The molecular formula is C32H37N5O5. The van der Waals surface area contributed by atoms with E-state index >= 15 is 0 Å². The van der Waals surface area contributed by atoms with Gasteiger partial charge in [0.15, 0.2) is 0 Å². The quantitative estimate of drug-likeness (QED) is 0.219. The summed E-state index contributed by atoms with van der Waals surface area (Å²) in [6.07, 6.45) is 1.68. The number of aromatic hydroxyl groups is 1. The first-order valence-electron chi connectivity index (χ1n) is 14.0. The second kappa shape index (κ2) is 14.3. The minimum absolute atomic E-state index is 0.117. The molecule has 1 heterocycles. The van der Waals surface area contributed by atoms with Crippen molar-refractivity contribution >= 4 is 23.6 Å². The molecule has 7 N–H and O–H groups in total. The summed E-state index contributed by atoms with van der Waals surface area (Å²) in [5, 5.41) is 15.1. The van der Waals surface area contributed by atoms with E-state index < -0.39 is 41.9 Å². The zero-order chi connectivity index (χ0) is 30.1. The Morgan fingerprint density at radius 1 is 0.786 bits per heavy atom. The molecule has 3 aromatic carbocycles. The Morgan fingerprint density at radius 3 is 1.90 bits per heavy atom. The van der Waals surface area contributed by atoms with E-state index in [0.29, 0.717) is 19.4 Å². The number of carbonyl (C=O) groups is 4. The van der Waals surface area contributed by atoms with Crippen LogP contribution in [0.3, 0.4) is 0 Å². The summed E-state index contributed by atoms with van der Waals surface area (Å²) in [5.74, 6) is -1.95. The molecule has 0 aliphatic carbocycles. The molecule has 10 heteroatoms. The van der Waals surface area contributed by atoms with Crippen LogP contribution in [0.2, 0.25) is 0 Å². The van der Waals surface area contributed by atoms with Gasteiger partial charge in [-0.2, -0.15) is 0 Å². The molecule has 1 fully saturated rings. The third-order valence-corrected chi connectivity index (χ3v) is 7.41. The summed E-state index contributed by atoms with van der Waals surface area (Å²) >= 11 is 0. The fourth-order valence-electron chi connectivity index (χ4n) is 5.16. The Balaban J connectivity index is 1.46. The summed E-state index contributed by atoms with van der Waals surface area (Å²) in [4.78, 5) is 54.0.